The van der Waals surface area contributed by atoms with Gasteiger partial charge in [0.1, 0.15) is 5.82 Å². The molecule has 2 aromatic rings. The molecule has 1 aliphatic rings. The standard InChI is InChI=1S/C14H15ClN2/c15-8-10-17(12-5-6-12)14-13-4-2-1-3-11(13)7-9-16-14/h1-4,7,9,12H,5-6,8,10H2. The van der Waals surface area contributed by atoms with Crippen LogP contribution < -0.4 is 4.90 Å². The third-order valence-electron chi connectivity index (χ3n) is 3.24. The third-order valence-corrected chi connectivity index (χ3v) is 3.41. The number of anilines is 1. The lowest BCUT2D eigenvalue weighted by molar-refractivity contribution is 0.817. The minimum Gasteiger partial charge on any atom is -0.352 e. The molecule has 0 saturated heterocycles. The van der Waals surface area contributed by atoms with Crippen LogP contribution in [0.25, 0.3) is 10.8 Å². The van der Waals surface area contributed by atoms with Crippen molar-refractivity contribution in [2.45, 2.75) is 18.9 Å². The maximum atomic E-state index is 5.90. The second kappa shape index (κ2) is 4.53. The van der Waals surface area contributed by atoms with Gasteiger partial charge in [-0.3, -0.25) is 0 Å². The minimum atomic E-state index is 0.645. The summed E-state index contributed by atoms with van der Waals surface area (Å²) in [5.41, 5.74) is 0. The van der Waals surface area contributed by atoms with Crippen LogP contribution in [-0.2, 0) is 0 Å². The normalized spacial score (nSPS) is 15.1. The molecule has 0 spiro atoms. The molecule has 1 heterocycles. The van der Waals surface area contributed by atoms with Crippen molar-refractivity contribution < 1.29 is 0 Å². The van der Waals surface area contributed by atoms with Crippen molar-refractivity contribution in [2.75, 3.05) is 17.3 Å². The number of aromatic nitrogens is 1. The molecule has 2 nitrogen and oxygen atoms in total. The van der Waals surface area contributed by atoms with E-state index in [0.717, 1.165) is 12.4 Å². The van der Waals surface area contributed by atoms with Crippen molar-refractivity contribution in [3.8, 4) is 0 Å². The molecule has 0 amide bonds. The third kappa shape index (κ3) is 2.09. The van der Waals surface area contributed by atoms with E-state index in [1.165, 1.54) is 23.6 Å². The summed E-state index contributed by atoms with van der Waals surface area (Å²) in [6.07, 6.45) is 4.42. The lowest BCUT2D eigenvalue weighted by Gasteiger charge is -2.23. The Kier molecular flexibility index (Phi) is 2.89. The highest BCUT2D eigenvalue weighted by Gasteiger charge is 2.30. The number of alkyl halides is 1. The van der Waals surface area contributed by atoms with E-state index in [0.29, 0.717) is 11.9 Å². The molecule has 0 radical (unpaired) electrons. The second-order valence-electron chi connectivity index (χ2n) is 4.47. The van der Waals surface area contributed by atoms with Crippen LogP contribution in [0.15, 0.2) is 36.5 Å². The van der Waals surface area contributed by atoms with Crippen molar-refractivity contribution >= 4 is 28.2 Å². The molecule has 88 valence electrons. The van der Waals surface area contributed by atoms with E-state index < -0.39 is 0 Å². The van der Waals surface area contributed by atoms with Gasteiger partial charge in [0.2, 0.25) is 0 Å². The quantitative estimate of drug-likeness (QED) is 0.769. The number of hydrogen-bond acceptors (Lipinski definition) is 2. The summed E-state index contributed by atoms with van der Waals surface area (Å²) in [4.78, 5) is 6.91. The average molecular weight is 247 g/mol. The molecule has 1 fully saturated rings. The number of hydrogen-bond donors (Lipinski definition) is 0. The smallest absolute Gasteiger partial charge is 0.136 e. The fourth-order valence-electron chi connectivity index (χ4n) is 2.27. The molecule has 3 rings (SSSR count). The molecule has 0 unspecified atom stereocenters. The summed E-state index contributed by atoms with van der Waals surface area (Å²) < 4.78 is 0. The van der Waals surface area contributed by atoms with Gasteiger partial charge in [-0.05, 0) is 24.3 Å². The SMILES string of the molecule is ClCCN(c1nccc2ccccc12)C1CC1. The van der Waals surface area contributed by atoms with Crippen LogP contribution in [-0.4, -0.2) is 23.5 Å². The van der Waals surface area contributed by atoms with Crippen molar-refractivity contribution in [1.29, 1.82) is 0 Å². The Labute approximate surface area is 106 Å². The van der Waals surface area contributed by atoms with Gasteiger partial charge in [0.05, 0.1) is 0 Å². The first kappa shape index (κ1) is 10.8. The summed E-state index contributed by atoms with van der Waals surface area (Å²) in [6, 6.07) is 11.1. The Morgan fingerprint density at radius 2 is 2.06 bits per heavy atom. The van der Waals surface area contributed by atoms with Gasteiger partial charge < -0.3 is 4.90 Å². The van der Waals surface area contributed by atoms with Crippen LogP contribution in [0.5, 0.6) is 0 Å². The number of pyridine rings is 1. The number of rotatable bonds is 4. The summed E-state index contributed by atoms with van der Waals surface area (Å²) in [5, 5.41) is 2.48. The first-order chi connectivity index (χ1) is 8.40. The van der Waals surface area contributed by atoms with Crippen LogP contribution in [0, 0.1) is 0 Å². The van der Waals surface area contributed by atoms with E-state index in [2.05, 4.69) is 40.2 Å². The zero-order valence-corrected chi connectivity index (χ0v) is 10.4. The Morgan fingerprint density at radius 3 is 2.82 bits per heavy atom. The highest BCUT2D eigenvalue weighted by Crippen LogP contribution is 2.34. The topological polar surface area (TPSA) is 16.1 Å². The van der Waals surface area contributed by atoms with Gasteiger partial charge in [0.25, 0.3) is 0 Å². The number of benzene rings is 1. The maximum Gasteiger partial charge on any atom is 0.136 e. The average Bonchev–Trinajstić information content (AvgIpc) is 3.20. The lowest BCUT2D eigenvalue weighted by Crippen LogP contribution is -2.28. The zero-order valence-electron chi connectivity index (χ0n) is 9.64. The zero-order chi connectivity index (χ0) is 11.7. The molecule has 17 heavy (non-hydrogen) atoms. The van der Waals surface area contributed by atoms with Crippen LogP contribution in [0.3, 0.4) is 0 Å². The van der Waals surface area contributed by atoms with Crippen molar-refractivity contribution in [1.82, 2.24) is 4.98 Å². The highest BCUT2D eigenvalue weighted by molar-refractivity contribution is 6.18. The molecular weight excluding hydrogens is 232 g/mol. The number of nitrogens with zero attached hydrogens (tertiary/aromatic N) is 2. The Bertz CT molecular complexity index is 517. The van der Waals surface area contributed by atoms with Crippen molar-refractivity contribution in [3.63, 3.8) is 0 Å². The predicted octanol–water partition coefficient (Wildman–Crippen LogP) is 3.44. The van der Waals surface area contributed by atoms with E-state index in [4.69, 9.17) is 11.6 Å². The fraction of sp³-hybridized carbons (Fsp3) is 0.357. The first-order valence-corrected chi connectivity index (χ1v) is 6.60. The van der Waals surface area contributed by atoms with Crippen molar-refractivity contribution in [3.05, 3.63) is 36.5 Å². The summed E-state index contributed by atoms with van der Waals surface area (Å²) in [7, 11) is 0. The van der Waals surface area contributed by atoms with Gasteiger partial charge in [-0.15, -0.1) is 11.6 Å². The summed E-state index contributed by atoms with van der Waals surface area (Å²) in [5.74, 6) is 1.74. The maximum absolute atomic E-state index is 5.90. The van der Waals surface area contributed by atoms with E-state index in [1.807, 2.05) is 6.20 Å². The van der Waals surface area contributed by atoms with E-state index in [1.54, 1.807) is 0 Å². The molecule has 0 N–H and O–H groups in total. The predicted molar refractivity (Wildman–Crippen MR) is 72.8 cm³/mol. The van der Waals surface area contributed by atoms with Gasteiger partial charge in [0.15, 0.2) is 0 Å². The molecule has 1 aliphatic carbocycles. The van der Waals surface area contributed by atoms with E-state index in [9.17, 15) is 0 Å². The lowest BCUT2D eigenvalue weighted by atomic mass is 10.1. The molecule has 1 aromatic heterocycles. The molecule has 1 aromatic carbocycles. The van der Waals surface area contributed by atoms with Crippen LogP contribution >= 0.6 is 11.6 Å². The van der Waals surface area contributed by atoms with Gasteiger partial charge in [-0.1, -0.05) is 24.3 Å². The fourth-order valence-corrected chi connectivity index (χ4v) is 2.45. The highest BCUT2D eigenvalue weighted by atomic mass is 35.5. The Morgan fingerprint density at radius 1 is 1.24 bits per heavy atom. The molecular formula is C14H15ClN2. The van der Waals surface area contributed by atoms with Crippen molar-refractivity contribution in [2.24, 2.45) is 0 Å². The molecule has 0 atom stereocenters. The molecule has 0 aliphatic heterocycles. The van der Waals surface area contributed by atoms with E-state index in [-0.39, 0.29) is 0 Å². The van der Waals surface area contributed by atoms with Gasteiger partial charge in [-0.25, -0.2) is 4.98 Å². The number of halogens is 1. The van der Waals surface area contributed by atoms with Gasteiger partial charge in [0, 0.05) is 30.0 Å². The largest absolute Gasteiger partial charge is 0.352 e. The molecule has 3 heteroatoms. The monoisotopic (exact) mass is 246 g/mol. The van der Waals surface area contributed by atoms with Gasteiger partial charge in [-0.2, -0.15) is 0 Å². The first-order valence-electron chi connectivity index (χ1n) is 6.06. The number of fused-ring (bicyclic) bond motifs is 1. The Balaban J connectivity index is 2.08. The minimum absolute atomic E-state index is 0.645. The van der Waals surface area contributed by atoms with Crippen LogP contribution in [0.1, 0.15) is 12.8 Å². The second-order valence-corrected chi connectivity index (χ2v) is 4.85. The van der Waals surface area contributed by atoms with E-state index >= 15 is 0 Å². The molecule has 0 bridgehead atoms. The summed E-state index contributed by atoms with van der Waals surface area (Å²) >= 11 is 5.90. The molecule has 1 saturated carbocycles. The van der Waals surface area contributed by atoms with Gasteiger partial charge >= 0.3 is 0 Å². The Hall–Kier alpha value is -1.28. The summed E-state index contributed by atoms with van der Waals surface area (Å²) in [6.45, 7) is 0.882. The van der Waals surface area contributed by atoms with Crippen LogP contribution in [0.2, 0.25) is 0 Å². The van der Waals surface area contributed by atoms with Crippen LogP contribution in [0.4, 0.5) is 5.82 Å².